The van der Waals surface area contributed by atoms with Crippen molar-refractivity contribution >= 4 is 17.2 Å². The van der Waals surface area contributed by atoms with E-state index in [4.69, 9.17) is 0 Å². The number of rotatable bonds is 4. The van der Waals surface area contributed by atoms with Gasteiger partial charge in [0.1, 0.15) is 0 Å². The fourth-order valence-electron chi connectivity index (χ4n) is 4.21. The van der Waals surface area contributed by atoms with Crippen molar-refractivity contribution in [1.29, 1.82) is 0 Å². The number of nitrogens with zero attached hydrogens (tertiary/aromatic N) is 1. The van der Waals surface area contributed by atoms with Gasteiger partial charge in [0.25, 0.3) is 5.91 Å². The zero-order valence-electron chi connectivity index (χ0n) is 15.5. The van der Waals surface area contributed by atoms with Gasteiger partial charge in [0, 0.05) is 35.9 Å². The predicted molar refractivity (Wildman–Crippen MR) is 108 cm³/mol. The molecule has 0 saturated carbocycles. The van der Waals surface area contributed by atoms with Crippen LogP contribution in [0.25, 0.3) is 0 Å². The number of benzene rings is 1. The summed E-state index contributed by atoms with van der Waals surface area (Å²) in [5.74, 6) is 0.907. The van der Waals surface area contributed by atoms with Crippen LogP contribution in [0.4, 0.5) is 0 Å². The zero-order valence-corrected chi connectivity index (χ0v) is 16.4. The summed E-state index contributed by atoms with van der Waals surface area (Å²) in [6.07, 6.45) is 5.51. The first-order valence-electron chi connectivity index (χ1n) is 9.85. The Kier molecular flexibility index (Phi) is 5.41. The van der Waals surface area contributed by atoms with Crippen LogP contribution in [0.15, 0.2) is 35.7 Å². The average molecular weight is 369 g/mol. The molecular formula is C22H28N2OS. The van der Waals surface area contributed by atoms with Crippen molar-refractivity contribution in [3.8, 4) is 0 Å². The molecule has 1 aromatic carbocycles. The van der Waals surface area contributed by atoms with Crippen molar-refractivity contribution < 1.29 is 4.79 Å². The average Bonchev–Trinajstić information content (AvgIpc) is 3.07. The number of fused-ring (bicyclic) bond motifs is 1. The second-order valence-corrected chi connectivity index (χ2v) is 8.87. The number of carbonyl (C=O) groups is 1. The van der Waals surface area contributed by atoms with E-state index in [1.54, 1.807) is 11.3 Å². The Balaban J connectivity index is 1.30. The molecule has 138 valence electrons. The van der Waals surface area contributed by atoms with Crippen LogP contribution in [0.5, 0.6) is 0 Å². The Hall–Kier alpha value is -1.65. The highest BCUT2D eigenvalue weighted by molar-refractivity contribution is 7.10. The Morgan fingerprint density at radius 1 is 1.19 bits per heavy atom. The van der Waals surface area contributed by atoms with Crippen molar-refractivity contribution in [3.63, 3.8) is 0 Å². The number of hydrogen-bond acceptors (Lipinski definition) is 3. The SMILES string of the molecule is CC1CCc2c(C(=O)NC3CCN(Cc4ccccc4)CC3)csc2C1. The summed E-state index contributed by atoms with van der Waals surface area (Å²) < 4.78 is 0. The fourth-order valence-corrected chi connectivity index (χ4v) is 5.45. The molecule has 3 nitrogen and oxygen atoms in total. The van der Waals surface area contributed by atoms with Crippen molar-refractivity contribution in [2.24, 2.45) is 5.92 Å². The van der Waals surface area contributed by atoms with E-state index in [2.05, 4.69) is 52.9 Å². The van der Waals surface area contributed by atoms with Gasteiger partial charge in [-0.05, 0) is 49.1 Å². The van der Waals surface area contributed by atoms with Crippen LogP contribution in [0.2, 0.25) is 0 Å². The van der Waals surface area contributed by atoms with Gasteiger partial charge < -0.3 is 5.32 Å². The molecule has 4 heteroatoms. The highest BCUT2D eigenvalue weighted by atomic mass is 32.1. The fraction of sp³-hybridized carbons (Fsp3) is 0.500. The van der Waals surface area contributed by atoms with Crippen LogP contribution in [-0.4, -0.2) is 29.9 Å². The molecule has 1 aromatic heterocycles. The summed E-state index contributed by atoms with van der Waals surface area (Å²) in [6.45, 7) is 5.43. The van der Waals surface area contributed by atoms with Gasteiger partial charge in [-0.2, -0.15) is 0 Å². The Morgan fingerprint density at radius 2 is 1.96 bits per heavy atom. The van der Waals surface area contributed by atoms with Crippen molar-refractivity contribution in [1.82, 2.24) is 10.2 Å². The molecule has 2 heterocycles. The van der Waals surface area contributed by atoms with Gasteiger partial charge in [0.2, 0.25) is 0 Å². The van der Waals surface area contributed by atoms with E-state index in [0.717, 1.165) is 56.8 Å². The van der Waals surface area contributed by atoms with E-state index < -0.39 is 0 Å². The third-order valence-corrected chi connectivity index (χ3v) is 6.87. The minimum Gasteiger partial charge on any atom is -0.349 e. The lowest BCUT2D eigenvalue weighted by Gasteiger charge is -2.32. The van der Waals surface area contributed by atoms with E-state index in [0.29, 0.717) is 6.04 Å². The van der Waals surface area contributed by atoms with Crippen LogP contribution in [-0.2, 0) is 19.4 Å². The number of piperidine rings is 1. The third-order valence-electron chi connectivity index (χ3n) is 5.82. The molecule has 1 fully saturated rings. The first-order valence-corrected chi connectivity index (χ1v) is 10.7. The molecule has 1 N–H and O–H groups in total. The summed E-state index contributed by atoms with van der Waals surface area (Å²) in [5, 5.41) is 5.39. The first kappa shape index (κ1) is 17.7. The summed E-state index contributed by atoms with van der Waals surface area (Å²) in [6, 6.07) is 11.0. The lowest BCUT2D eigenvalue weighted by Crippen LogP contribution is -2.44. The van der Waals surface area contributed by atoms with E-state index in [1.165, 1.54) is 22.4 Å². The molecule has 4 rings (SSSR count). The normalized spacial score (nSPS) is 21.3. The van der Waals surface area contributed by atoms with Gasteiger partial charge in [-0.3, -0.25) is 9.69 Å². The molecule has 1 aliphatic heterocycles. The van der Waals surface area contributed by atoms with E-state index >= 15 is 0 Å². The first-order chi connectivity index (χ1) is 12.7. The molecule has 2 aromatic rings. The monoisotopic (exact) mass is 368 g/mol. The summed E-state index contributed by atoms with van der Waals surface area (Å²) in [7, 11) is 0. The number of carbonyl (C=O) groups excluding carboxylic acids is 1. The third kappa shape index (κ3) is 4.02. The maximum Gasteiger partial charge on any atom is 0.252 e. The Morgan fingerprint density at radius 3 is 2.73 bits per heavy atom. The van der Waals surface area contributed by atoms with Gasteiger partial charge in [0.15, 0.2) is 0 Å². The molecule has 1 amide bonds. The molecule has 0 radical (unpaired) electrons. The van der Waals surface area contributed by atoms with E-state index in [-0.39, 0.29) is 5.91 Å². The molecule has 0 bridgehead atoms. The molecule has 1 saturated heterocycles. The second-order valence-electron chi connectivity index (χ2n) is 7.91. The minimum absolute atomic E-state index is 0.151. The quantitative estimate of drug-likeness (QED) is 0.874. The molecule has 1 atom stereocenters. The van der Waals surface area contributed by atoms with Gasteiger partial charge >= 0.3 is 0 Å². The van der Waals surface area contributed by atoms with Crippen molar-refractivity contribution in [2.45, 2.75) is 51.6 Å². The Bertz CT molecular complexity index is 747. The van der Waals surface area contributed by atoms with Crippen LogP contribution in [0.3, 0.4) is 0 Å². The highest BCUT2D eigenvalue weighted by Gasteiger charge is 2.26. The van der Waals surface area contributed by atoms with Crippen molar-refractivity contribution in [2.75, 3.05) is 13.1 Å². The van der Waals surface area contributed by atoms with Gasteiger partial charge in [0.05, 0.1) is 5.56 Å². The number of amides is 1. The standard InChI is InChI=1S/C22H28N2OS/c1-16-7-8-19-20(15-26-21(19)13-16)22(25)23-18-9-11-24(12-10-18)14-17-5-3-2-4-6-17/h2-6,15-16,18H,7-14H2,1H3,(H,23,25). The minimum atomic E-state index is 0.151. The van der Waals surface area contributed by atoms with E-state index in [1.807, 2.05) is 0 Å². The topological polar surface area (TPSA) is 32.3 Å². The second kappa shape index (κ2) is 7.93. The number of nitrogens with one attached hydrogen (secondary N) is 1. The van der Waals surface area contributed by atoms with Gasteiger partial charge in [-0.15, -0.1) is 11.3 Å². The van der Waals surface area contributed by atoms with Crippen molar-refractivity contribution in [3.05, 3.63) is 57.3 Å². The summed E-state index contributed by atoms with van der Waals surface area (Å²) in [5.41, 5.74) is 3.64. The number of thiophene rings is 1. The highest BCUT2D eigenvalue weighted by Crippen LogP contribution is 2.32. The molecule has 0 spiro atoms. The maximum absolute atomic E-state index is 12.8. The molecular weight excluding hydrogens is 340 g/mol. The van der Waals surface area contributed by atoms with Crippen LogP contribution in [0.1, 0.15) is 52.5 Å². The molecule has 1 unspecified atom stereocenters. The lowest BCUT2D eigenvalue weighted by atomic mass is 9.88. The molecule has 1 aliphatic carbocycles. The number of likely N-dealkylation sites (tertiary alicyclic amines) is 1. The van der Waals surface area contributed by atoms with Crippen LogP contribution >= 0.6 is 11.3 Å². The number of hydrogen-bond donors (Lipinski definition) is 1. The smallest absolute Gasteiger partial charge is 0.252 e. The summed E-state index contributed by atoms with van der Waals surface area (Å²) >= 11 is 1.78. The predicted octanol–water partition coefficient (Wildman–Crippen LogP) is 4.27. The van der Waals surface area contributed by atoms with E-state index in [9.17, 15) is 4.79 Å². The largest absolute Gasteiger partial charge is 0.349 e. The lowest BCUT2D eigenvalue weighted by molar-refractivity contribution is 0.0908. The Labute approximate surface area is 160 Å². The van der Waals surface area contributed by atoms with Gasteiger partial charge in [-0.1, -0.05) is 37.3 Å². The summed E-state index contributed by atoms with van der Waals surface area (Å²) in [4.78, 5) is 16.7. The zero-order chi connectivity index (χ0) is 17.9. The van der Waals surface area contributed by atoms with Gasteiger partial charge in [-0.25, -0.2) is 0 Å². The van der Waals surface area contributed by atoms with Crippen LogP contribution < -0.4 is 5.32 Å². The maximum atomic E-state index is 12.8. The molecule has 2 aliphatic rings. The molecule has 26 heavy (non-hydrogen) atoms. The van der Waals surface area contributed by atoms with Crippen LogP contribution in [0, 0.1) is 5.92 Å².